The minimum absolute atomic E-state index is 0.0482. The molecule has 76 valence electrons. The molecule has 1 aromatic heterocycles. The zero-order valence-electron chi connectivity index (χ0n) is 7.92. The first kappa shape index (κ1) is 10.8. The molecule has 0 aliphatic carbocycles. The summed E-state index contributed by atoms with van der Waals surface area (Å²) in [6.45, 7) is 1.91. The summed E-state index contributed by atoms with van der Waals surface area (Å²) in [6, 6.07) is 5.74. The fourth-order valence-electron chi connectivity index (χ4n) is 0.827. The van der Waals surface area contributed by atoms with E-state index in [-0.39, 0.29) is 11.8 Å². The van der Waals surface area contributed by atoms with E-state index in [2.05, 4.69) is 10.1 Å². The van der Waals surface area contributed by atoms with Crippen LogP contribution in [0.3, 0.4) is 0 Å². The van der Waals surface area contributed by atoms with Crippen LogP contribution in [0.5, 0.6) is 0 Å². The van der Waals surface area contributed by atoms with Gasteiger partial charge in [-0.05, 0) is 12.1 Å². The highest BCUT2D eigenvalue weighted by molar-refractivity contribution is 7.99. The Morgan fingerprint density at radius 2 is 2.50 bits per heavy atom. The lowest BCUT2D eigenvalue weighted by Gasteiger charge is -2.07. The van der Waals surface area contributed by atoms with E-state index in [1.165, 1.54) is 0 Å². The summed E-state index contributed by atoms with van der Waals surface area (Å²) in [4.78, 5) is 4.16. The maximum absolute atomic E-state index is 8.44. The van der Waals surface area contributed by atoms with Gasteiger partial charge in [0, 0.05) is 17.9 Å². The Labute approximate surface area is 87.2 Å². The molecule has 0 aliphatic heterocycles. The normalized spacial score (nSPS) is 13.9. The van der Waals surface area contributed by atoms with Gasteiger partial charge >= 0.3 is 0 Å². The molecule has 1 aromatic rings. The Balaban J connectivity index is 2.42. The number of thioether (sulfide) groups is 1. The monoisotopic (exact) mass is 211 g/mol. The molecule has 0 fully saturated rings. The summed E-state index contributed by atoms with van der Waals surface area (Å²) in [5, 5.41) is 12.4. The lowest BCUT2D eigenvalue weighted by atomic mass is 10.2. The van der Waals surface area contributed by atoms with Gasteiger partial charge in [0.15, 0.2) is 0 Å². The Morgan fingerprint density at radius 3 is 3.07 bits per heavy atom. The Bertz CT molecular complexity index is 302. The average molecular weight is 211 g/mol. The van der Waals surface area contributed by atoms with Crippen molar-refractivity contribution in [2.24, 2.45) is 16.8 Å². The van der Waals surface area contributed by atoms with Crippen LogP contribution in [0.2, 0.25) is 0 Å². The van der Waals surface area contributed by atoms with Crippen LogP contribution in [0, 0.1) is 5.92 Å². The van der Waals surface area contributed by atoms with Crippen LogP contribution in [0.15, 0.2) is 34.6 Å². The van der Waals surface area contributed by atoms with E-state index in [1.807, 2.05) is 25.1 Å². The van der Waals surface area contributed by atoms with Crippen molar-refractivity contribution in [3.63, 3.8) is 0 Å². The average Bonchev–Trinajstić information content (AvgIpc) is 2.26. The molecule has 0 aromatic carbocycles. The van der Waals surface area contributed by atoms with Crippen molar-refractivity contribution in [2.45, 2.75) is 11.9 Å². The molecule has 0 saturated heterocycles. The van der Waals surface area contributed by atoms with Gasteiger partial charge in [-0.3, -0.25) is 0 Å². The van der Waals surface area contributed by atoms with Crippen LogP contribution in [0.25, 0.3) is 0 Å². The van der Waals surface area contributed by atoms with Crippen LogP contribution in [0.1, 0.15) is 6.92 Å². The minimum atomic E-state index is 0.0482. The molecule has 0 spiro atoms. The SMILES string of the molecule is CC(CSc1ccccn1)/C(N)=N/O. The lowest BCUT2D eigenvalue weighted by Crippen LogP contribution is -2.22. The molecular weight excluding hydrogens is 198 g/mol. The van der Waals surface area contributed by atoms with Crippen molar-refractivity contribution in [3.05, 3.63) is 24.4 Å². The van der Waals surface area contributed by atoms with E-state index in [0.717, 1.165) is 10.8 Å². The number of pyridine rings is 1. The molecular formula is C9H13N3OS. The van der Waals surface area contributed by atoms with E-state index in [9.17, 15) is 0 Å². The fraction of sp³-hybridized carbons (Fsp3) is 0.333. The van der Waals surface area contributed by atoms with Crippen molar-refractivity contribution in [1.82, 2.24) is 4.98 Å². The first-order chi connectivity index (χ1) is 6.74. The molecule has 0 bridgehead atoms. The molecule has 5 heteroatoms. The van der Waals surface area contributed by atoms with Crippen molar-refractivity contribution in [2.75, 3.05) is 5.75 Å². The minimum Gasteiger partial charge on any atom is -0.409 e. The number of oxime groups is 1. The highest BCUT2D eigenvalue weighted by atomic mass is 32.2. The first-order valence-electron chi connectivity index (χ1n) is 4.25. The summed E-state index contributed by atoms with van der Waals surface area (Å²) in [5.74, 6) is 1.06. The number of hydrogen-bond donors (Lipinski definition) is 2. The largest absolute Gasteiger partial charge is 0.409 e. The highest BCUT2D eigenvalue weighted by Gasteiger charge is 2.08. The maximum atomic E-state index is 8.44. The number of hydrogen-bond acceptors (Lipinski definition) is 4. The topological polar surface area (TPSA) is 71.5 Å². The Kier molecular flexibility index (Phi) is 4.25. The maximum Gasteiger partial charge on any atom is 0.142 e. The zero-order chi connectivity index (χ0) is 10.4. The fourth-order valence-corrected chi connectivity index (χ4v) is 1.73. The molecule has 4 nitrogen and oxygen atoms in total. The van der Waals surface area contributed by atoms with Gasteiger partial charge in [0.2, 0.25) is 0 Å². The molecule has 1 unspecified atom stereocenters. The number of nitrogens with zero attached hydrogens (tertiary/aromatic N) is 2. The van der Waals surface area contributed by atoms with Crippen LogP contribution in [0.4, 0.5) is 0 Å². The lowest BCUT2D eigenvalue weighted by molar-refractivity contribution is 0.315. The molecule has 0 radical (unpaired) electrons. The second-order valence-corrected chi connectivity index (χ2v) is 3.95. The van der Waals surface area contributed by atoms with Crippen molar-refractivity contribution in [3.8, 4) is 0 Å². The van der Waals surface area contributed by atoms with E-state index >= 15 is 0 Å². The van der Waals surface area contributed by atoms with Gasteiger partial charge < -0.3 is 10.9 Å². The summed E-state index contributed by atoms with van der Waals surface area (Å²) in [5.41, 5.74) is 5.45. The van der Waals surface area contributed by atoms with E-state index in [1.54, 1.807) is 18.0 Å². The van der Waals surface area contributed by atoms with Gasteiger partial charge in [0.05, 0.1) is 5.03 Å². The molecule has 1 heterocycles. The number of amidine groups is 1. The van der Waals surface area contributed by atoms with E-state index < -0.39 is 0 Å². The second kappa shape index (κ2) is 5.49. The van der Waals surface area contributed by atoms with Crippen LogP contribution < -0.4 is 5.73 Å². The molecule has 14 heavy (non-hydrogen) atoms. The van der Waals surface area contributed by atoms with Gasteiger partial charge in [0.1, 0.15) is 5.84 Å². The van der Waals surface area contributed by atoms with E-state index in [0.29, 0.717) is 0 Å². The number of rotatable bonds is 4. The number of aromatic nitrogens is 1. The van der Waals surface area contributed by atoms with Crippen LogP contribution >= 0.6 is 11.8 Å². The highest BCUT2D eigenvalue weighted by Crippen LogP contribution is 2.17. The molecule has 1 rings (SSSR count). The smallest absolute Gasteiger partial charge is 0.142 e. The quantitative estimate of drug-likeness (QED) is 0.261. The zero-order valence-corrected chi connectivity index (χ0v) is 8.74. The Hall–Kier alpha value is -1.23. The van der Waals surface area contributed by atoms with Gasteiger partial charge in [-0.1, -0.05) is 18.1 Å². The first-order valence-corrected chi connectivity index (χ1v) is 5.24. The molecule has 0 saturated carbocycles. The van der Waals surface area contributed by atoms with Gasteiger partial charge in [-0.25, -0.2) is 4.98 Å². The molecule has 1 atom stereocenters. The van der Waals surface area contributed by atoms with Gasteiger partial charge in [0.25, 0.3) is 0 Å². The second-order valence-electron chi connectivity index (χ2n) is 2.90. The van der Waals surface area contributed by atoms with Crippen LogP contribution in [-0.4, -0.2) is 21.8 Å². The van der Waals surface area contributed by atoms with Gasteiger partial charge in [-0.2, -0.15) is 0 Å². The molecule has 3 N–H and O–H groups in total. The summed E-state index contributed by atoms with van der Waals surface area (Å²) >= 11 is 1.59. The summed E-state index contributed by atoms with van der Waals surface area (Å²) in [6.07, 6.45) is 1.75. The predicted molar refractivity (Wildman–Crippen MR) is 57.5 cm³/mol. The van der Waals surface area contributed by atoms with E-state index in [4.69, 9.17) is 10.9 Å². The summed E-state index contributed by atoms with van der Waals surface area (Å²) < 4.78 is 0. The van der Waals surface area contributed by atoms with Crippen molar-refractivity contribution >= 4 is 17.6 Å². The van der Waals surface area contributed by atoms with Crippen molar-refractivity contribution < 1.29 is 5.21 Å². The molecule has 0 aliphatic rings. The standard InChI is InChI=1S/C9H13N3OS/c1-7(9(10)12-13)6-14-8-4-2-3-5-11-8/h2-5,7,13H,6H2,1H3,(H2,10,12). The van der Waals surface area contributed by atoms with Gasteiger partial charge in [-0.15, -0.1) is 11.8 Å². The van der Waals surface area contributed by atoms with Crippen molar-refractivity contribution in [1.29, 1.82) is 0 Å². The third-order valence-electron chi connectivity index (χ3n) is 1.74. The predicted octanol–water partition coefficient (Wildman–Crippen LogP) is 1.56. The third kappa shape index (κ3) is 3.26. The summed E-state index contributed by atoms with van der Waals surface area (Å²) in [7, 11) is 0. The van der Waals surface area contributed by atoms with Crippen LogP contribution in [-0.2, 0) is 0 Å². The Morgan fingerprint density at radius 1 is 1.71 bits per heavy atom. The number of nitrogens with two attached hydrogens (primary N) is 1. The molecule has 0 amide bonds. The third-order valence-corrected chi connectivity index (χ3v) is 2.94.